The van der Waals surface area contributed by atoms with E-state index in [1.807, 2.05) is 18.2 Å². The summed E-state index contributed by atoms with van der Waals surface area (Å²) < 4.78 is 1.49. The van der Waals surface area contributed by atoms with E-state index < -0.39 is 0 Å². The summed E-state index contributed by atoms with van der Waals surface area (Å²) >= 11 is 6.17. The highest BCUT2D eigenvalue weighted by Gasteiger charge is 2.08. The van der Waals surface area contributed by atoms with Crippen LogP contribution in [0.4, 0.5) is 5.69 Å². The molecular weight excluding hydrogens is 390 g/mol. The van der Waals surface area contributed by atoms with Gasteiger partial charge in [0.15, 0.2) is 0 Å². The second-order valence-corrected chi connectivity index (χ2v) is 6.94. The zero-order chi connectivity index (χ0) is 20.8. The molecule has 0 radical (unpaired) electrons. The summed E-state index contributed by atoms with van der Waals surface area (Å²) in [6.07, 6.45) is 1.59. The van der Waals surface area contributed by atoms with E-state index in [0.717, 1.165) is 11.1 Å². The Morgan fingerprint density at radius 1 is 1.00 bits per heavy atom. The lowest BCUT2D eigenvalue weighted by Gasteiger charge is -2.11. The van der Waals surface area contributed by atoms with E-state index in [1.165, 1.54) is 17.6 Å². The van der Waals surface area contributed by atoms with Crippen molar-refractivity contribution >= 4 is 29.1 Å². The van der Waals surface area contributed by atoms with Crippen molar-refractivity contribution in [1.29, 1.82) is 0 Å². The number of nitrogens with one attached hydrogen (secondary N) is 2. The minimum atomic E-state index is -0.293. The van der Waals surface area contributed by atoms with Crippen molar-refractivity contribution in [3.8, 4) is 0 Å². The van der Waals surface area contributed by atoms with E-state index in [0.29, 0.717) is 29.4 Å². The van der Waals surface area contributed by atoms with Crippen molar-refractivity contribution < 1.29 is 9.59 Å². The molecular formula is C22H20ClN3O3. The molecule has 148 valence electrons. The summed E-state index contributed by atoms with van der Waals surface area (Å²) in [6, 6.07) is 17.2. The van der Waals surface area contributed by atoms with Gasteiger partial charge in [-0.1, -0.05) is 41.9 Å². The Hall–Kier alpha value is -3.38. The van der Waals surface area contributed by atoms with E-state index >= 15 is 0 Å². The zero-order valence-electron chi connectivity index (χ0n) is 15.8. The molecule has 0 bridgehead atoms. The predicted octanol–water partition coefficient (Wildman–Crippen LogP) is 3.44. The summed E-state index contributed by atoms with van der Waals surface area (Å²) in [5.74, 6) is -0.405. The van der Waals surface area contributed by atoms with Crippen molar-refractivity contribution in [2.24, 2.45) is 0 Å². The molecule has 2 N–H and O–H groups in total. The van der Waals surface area contributed by atoms with Gasteiger partial charge in [0.2, 0.25) is 5.91 Å². The number of nitrogens with zero attached hydrogens (tertiary/aromatic N) is 1. The maximum Gasteiger partial charge on any atom is 0.255 e. The quantitative estimate of drug-likeness (QED) is 0.654. The fourth-order valence-corrected chi connectivity index (χ4v) is 2.94. The Balaban J connectivity index is 1.71. The largest absolute Gasteiger partial charge is 0.352 e. The lowest BCUT2D eigenvalue weighted by molar-refractivity contribution is -0.119. The summed E-state index contributed by atoms with van der Waals surface area (Å²) in [5.41, 5.74) is 2.49. The maximum atomic E-state index is 12.5. The van der Waals surface area contributed by atoms with Crippen LogP contribution in [-0.4, -0.2) is 16.4 Å². The molecule has 1 aromatic heterocycles. The smallest absolute Gasteiger partial charge is 0.255 e. The average molecular weight is 410 g/mol. The van der Waals surface area contributed by atoms with E-state index in [4.69, 9.17) is 11.6 Å². The molecule has 3 aromatic rings. The van der Waals surface area contributed by atoms with Crippen LogP contribution in [0.15, 0.2) is 71.7 Å². The molecule has 6 nitrogen and oxygen atoms in total. The van der Waals surface area contributed by atoms with Gasteiger partial charge in [0.25, 0.3) is 11.5 Å². The molecule has 7 heteroatoms. The number of pyridine rings is 1. The van der Waals surface area contributed by atoms with E-state index in [1.54, 1.807) is 42.6 Å². The first-order valence-electron chi connectivity index (χ1n) is 9.01. The van der Waals surface area contributed by atoms with Crippen LogP contribution in [-0.2, 0) is 17.9 Å². The van der Waals surface area contributed by atoms with Crippen LogP contribution in [0.2, 0.25) is 5.02 Å². The van der Waals surface area contributed by atoms with Gasteiger partial charge in [-0.25, -0.2) is 0 Å². The Labute approximate surface area is 173 Å². The molecule has 0 unspecified atom stereocenters. The van der Waals surface area contributed by atoms with Crippen molar-refractivity contribution in [2.45, 2.75) is 20.0 Å². The summed E-state index contributed by atoms with van der Waals surface area (Å²) in [5, 5.41) is 6.08. The molecule has 1 heterocycles. The van der Waals surface area contributed by atoms with Crippen LogP contribution in [0.1, 0.15) is 28.4 Å². The van der Waals surface area contributed by atoms with Gasteiger partial charge in [0.05, 0.1) is 12.2 Å². The first-order chi connectivity index (χ1) is 13.9. The Bertz CT molecular complexity index is 1090. The monoisotopic (exact) mass is 409 g/mol. The summed E-state index contributed by atoms with van der Waals surface area (Å²) in [6.45, 7) is 2.16. The molecule has 2 aromatic carbocycles. The van der Waals surface area contributed by atoms with Gasteiger partial charge in [0.1, 0.15) is 0 Å². The highest BCUT2D eigenvalue weighted by molar-refractivity contribution is 6.31. The van der Waals surface area contributed by atoms with Crippen LogP contribution in [0.3, 0.4) is 0 Å². The van der Waals surface area contributed by atoms with Gasteiger partial charge in [0, 0.05) is 36.3 Å². The second kappa shape index (κ2) is 9.21. The van der Waals surface area contributed by atoms with Crippen LogP contribution < -0.4 is 16.2 Å². The molecule has 0 fully saturated rings. The molecule has 2 amide bonds. The standard InChI is InChI=1S/C22H20ClN3O3/c1-15(27)24-12-16-6-8-17(9-7-16)22(29)25-19-10-11-21(28)26(14-19)13-18-4-2-3-5-20(18)23/h2-11,14H,12-13H2,1H3,(H,24,27)(H,25,29). The molecule has 0 aliphatic rings. The number of hydrogen-bond acceptors (Lipinski definition) is 3. The number of hydrogen-bond donors (Lipinski definition) is 2. The number of amides is 2. The van der Waals surface area contributed by atoms with Gasteiger partial charge < -0.3 is 15.2 Å². The minimum Gasteiger partial charge on any atom is -0.352 e. The van der Waals surface area contributed by atoms with Gasteiger partial charge in [-0.2, -0.15) is 0 Å². The molecule has 0 aliphatic heterocycles. The minimum absolute atomic E-state index is 0.112. The van der Waals surface area contributed by atoms with E-state index in [9.17, 15) is 14.4 Å². The predicted molar refractivity (Wildman–Crippen MR) is 113 cm³/mol. The van der Waals surface area contributed by atoms with E-state index in [2.05, 4.69) is 10.6 Å². The van der Waals surface area contributed by atoms with Crippen molar-refractivity contribution in [3.63, 3.8) is 0 Å². The van der Waals surface area contributed by atoms with Crippen molar-refractivity contribution in [2.75, 3.05) is 5.32 Å². The number of carbonyl (C=O) groups excluding carboxylic acids is 2. The van der Waals surface area contributed by atoms with Crippen LogP contribution in [0, 0.1) is 0 Å². The Morgan fingerprint density at radius 2 is 1.72 bits per heavy atom. The summed E-state index contributed by atoms with van der Waals surface area (Å²) in [7, 11) is 0. The zero-order valence-corrected chi connectivity index (χ0v) is 16.6. The molecule has 29 heavy (non-hydrogen) atoms. The Morgan fingerprint density at radius 3 is 2.41 bits per heavy atom. The van der Waals surface area contributed by atoms with Gasteiger partial charge in [-0.3, -0.25) is 14.4 Å². The topological polar surface area (TPSA) is 80.2 Å². The SMILES string of the molecule is CC(=O)NCc1ccc(C(=O)Nc2ccc(=O)n(Cc3ccccc3Cl)c2)cc1. The maximum absolute atomic E-state index is 12.5. The number of benzene rings is 2. The fraction of sp³-hybridized carbons (Fsp3) is 0.136. The lowest BCUT2D eigenvalue weighted by atomic mass is 10.1. The van der Waals surface area contributed by atoms with Crippen LogP contribution in [0.5, 0.6) is 0 Å². The first kappa shape index (κ1) is 20.4. The van der Waals surface area contributed by atoms with Crippen LogP contribution >= 0.6 is 11.6 Å². The molecule has 0 saturated heterocycles. The first-order valence-corrected chi connectivity index (χ1v) is 9.39. The van der Waals surface area contributed by atoms with E-state index in [-0.39, 0.29) is 17.4 Å². The second-order valence-electron chi connectivity index (χ2n) is 6.54. The normalized spacial score (nSPS) is 10.4. The summed E-state index contributed by atoms with van der Waals surface area (Å²) in [4.78, 5) is 35.7. The molecule has 0 atom stereocenters. The third-order valence-corrected chi connectivity index (χ3v) is 4.67. The lowest BCUT2D eigenvalue weighted by Crippen LogP contribution is -2.21. The highest BCUT2D eigenvalue weighted by Crippen LogP contribution is 2.16. The van der Waals surface area contributed by atoms with Crippen molar-refractivity contribution in [1.82, 2.24) is 9.88 Å². The molecule has 0 aliphatic carbocycles. The fourth-order valence-electron chi connectivity index (χ4n) is 2.74. The highest BCUT2D eigenvalue weighted by atomic mass is 35.5. The number of halogens is 1. The number of rotatable bonds is 6. The van der Waals surface area contributed by atoms with Gasteiger partial charge >= 0.3 is 0 Å². The van der Waals surface area contributed by atoms with Gasteiger partial charge in [-0.15, -0.1) is 0 Å². The number of anilines is 1. The number of aromatic nitrogens is 1. The Kier molecular flexibility index (Phi) is 6.46. The van der Waals surface area contributed by atoms with Crippen molar-refractivity contribution in [3.05, 3.63) is 98.9 Å². The third-order valence-electron chi connectivity index (χ3n) is 4.30. The molecule has 3 rings (SSSR count). The average Bonchev–Trinajstić information content (AvgIpc) is 2.71. The third kappa shape index (κ3) is 5.56. The molecule has 0 saturated carbocycles. The molecule has 0 spiro atoms. The van der Waals surface area contributed by atoms with Gasteiger partial charge in [-0.05, 0) is 35.4 Å². The van der Waals surface area contributed by atoms with Crippen LogP contribution in [0.25, 0.3) is 0 Å². The number of carbonyl (C=O) groups is 2.